The summed E-state index contributed by atoms with van der Waals surface area (Å²) < 4.78 is 7.41. The average Bonchev–Trinajstić information content (AvgIpc) is 2.70. The second kappa shape index (κ2) is 8.20. The molecule has 29 heavy (non-hydrogen) atoms. The molecule has 0 saturated heterocycles. The zero-order valence-corrected chi connectivity index (χ0v) is 17.7. The number of carbonyl (C=O) groups excluding carboxylic acids is 1. The van der Waals surface area contributed by atoms with Gasteiger partial charge in [-0.15, -0.1) is 0 Å². The van der Waals surface area contributed by atoms with Crippen LogP contribution in [-0.2, 0) is 23.6 Å². The van der Waals surface area contributed by atoms with Gasteiger partial charge in [-0.25, -0.2) is 14.8 Å². The molecule has 9 heteroatoms. The third-order valence-corrected chi connectivity index (χ3v) is 5.62. The molecular formula is C20H22N4O4S. The van der Waals surface area contributed by atoms with Gasteiger partial charge in [0, 0.05) is 19.7 Å². The van der Waals surface area contributed by atoms with Crippen molar-refractivity contribution in [1.82, 2.24) is 19.1 Å². The number of ether oxygens (including phenoxy) is 1. The van der Waals surface area contributed by atoms with E-state index in [0.29, 0.717) is 10.9 Å². The van der Waals surface area contributed by atoms with Crippen molar-refractivity contribution in [3.8, 4) is 11.4 Å². The number of benzene rings is 1. The second-order valence-corrected chi connectivity index (χ2v) is 7.91. The Morgan fingerprint density at radius 2 is 1.86 bits per heavy atom. The van der Waals surface area contributed by atoms with Crippen LogP contribution in [0.4, 0.5) is 0 Å². The minimum absolute atomic E-state index is 0.202. The smallest absolute Gasteiger partial charge is 0.332 e. The minimum atomic E-state index is -0.584. The molecule has 0 saturated carbocycles. The third kappa shape index (κ3) is 3.82. The molecule has 0 unspecified atom stereocenters. The lowest BCUT2D eigenvalue weighted by molar-refractivity contribution is -0.142. The lowest BCUT2D eigenvalue weighted by Crippen LogP contribution is -2.37. The minimum Gasteiger partial charge on any atom is -0.465 e. The van der Waals surface area contributed by atoms with E-state index >= 15 is 0 Å². The van der Waals surface area contributed by atoms with E-state index in [1.54, 1.807) is 20.9 Å². The standard InChI is InChI=1S/C20H22N4O4S/c1-6-28-19(26)12(3)29-17-14-16(23(4)20(27)24(5)18(14)25)21-15(22-17)13-10-8-7-9-11(13)2/h7-10,12H,6H2,1-5H3/t12-/m0/s1. The van der Waals surface area contributed by atoms with Crippen LogP contribution in [0.3, 0.4) is 0 Å². The van der Waals surface area contributed by atoms with Gasteiger partial charge in [-0.2, -0.15) is 0 Å². The van der Waals surface area contributed by atoms with Crippen LogP contribution in [0.1, 0.15) is 19.4 Å². The summed E-state index contributed by atoms with van der Waals surface area (Å²) in [7, 11) is 2.96. The van der Waals surface area contributed by atoms with Crippen molar-refractivity contribution in [1.29, 1.82) is 0 Å². The fourth-order valence-electron chi connectivity index (χ4n) is 2.93. The molecule has 3 aromatic rings. The molecule has 0 spiro atoms. The number of aryl methyl sites for hydroxylation is 2. The molecule has 0 aliphatic carbocycles. The topological polar surface area (TPSA) is 96.1 Å². The monoisotopic (exact) mass is 414 g/mol. The maximum absolute atomic E-state index is 12.9. The van der Waals surface area contributed by atoms with E-state index in [4.69, 9.17) is 4.74 Å². The number of hydrogen-bond acceptors (Lipinski definition) is 7. The molecule has 2 heterocycles. The van der Waals surface area contributed by atoms with Gasteiger partial charge in [0.05, 0.1) is 6.61 Å². The summed E-state index contributed by atoms with van der Waals surface area (Å²) in [5, 5.41) is -0.0437. The van der Waals surface area contributed by atoms with Gasteiger partial charge in [0.2, 0.25) is 0 Å². The molecule has 0 fully saturated rings. The van der Waals surface area contributed by atoms with Crippen molar-refractivity contribution in [2.24, 2.45) is 14.1 Å². The molecule has 8 nitrogen and oxygen atoms in total. The highest BCUT2D eigenvalue weighted by molar-refractivity contribution is 8.00. The Bertz CT molecular complexity index is 1220. The van der Waals surface area contributed by atoms with E-state index in [0.717, 1.165) is 27.5 Å². The number of fused-ring (bicyclic) bond motifs is 1. The Labute approximate surface area is 171 Å². The van der Waals surface area contributed by atoms with E-state index in [9.17, 15) is 14.4 Å². The molecule has 3 rings (SSSR count). The van der Waals surface area contributed by atoms with Gasteiger partial charge >= 0.3 is 11.7 Å². The highest BCUT2D eigenvalue weighted by Crippen LogP contribution is 2.30. The first-order chi connectivity index (χ1) is 13.8. The first kappa shape index (κ1) is 20.8. The summed E-state index contributed by atoms with van der Waals surface area (Å²) in [6, 6.07) is 7.58. The van der Waals surface area contributed by atoms with E-state index in [1.165, 1.54) is 11.6 Å². The van der Waals surface area contributed by atoms with E-state index in [1.807, 2.05) is 31.2 Å². The lowest BCUT2D eigenvalue weighted by Gasteiger charge is -2.15. The predicted octanol–water partition coefficient (Wildman–Crippen LogP) is 2.05. The quantitative estimate of drug-likeness (QED) is 0.358. The predicted molar refractivity (Wildman–Crippen MR) is 112 cm³/mol. The summed E-state index contributed by atoms with van der Waals surface area (Å²) in [5.74, 6) is -0.0132. The van der Waals surface area contributed by atoms with Gasteiger partial charge in [0.1, 0.15) is 15.7 Å². The molecule has 2 aromatic heterocycles. The van der Waals surface area contributed by atoms with Gasteiger partial charge in [-0.3, -0.25) is 18.7 Å². The zero-order chi connectivity index (χ0) is 21.3. The molecule has 1 aromatic carbocycles. The Kier molecular flexibility index (Phi) is 5.88. The van der Waals surface area contributed by atoms with Crippen LogP contribution in [0.15, 0.2) is 38.9 Å². The summed E-state index contributed by atoms with van der Waals surface area (Å²) in [6.07, 6.45) is 0. The van der Waals surface area contributed by atoms with Gasteiger partial charge in [0.15, 0.2) is 11.5 Å². The van der Waals surface area contributed by atoms with E-state index < -0.39 is 22.5 Å². The van der Waals surface area contributed by atoms with E-state index in [2.05, 4.69) is 9.97 Å². The molecule has 0 aliphatic rings. The highest BCUT2D eigenvalue weighted by Gasteiger charge is 2.23. The Balaban J connectivity index is 2.32. The Morgan fingerprint density at radius 1 is 1.17 bits per heavy atom. The lowest BCUT2D eigenvalue weighted by atomic mass is 10.1. The fourth-order valence-corrected chi connectivity index (χ4v) is 3.87. The summed E-state index contributed by atoms with van der Waals surface area (Å²) in [5.41, 5.74) is 0.984. The molecule has 0 aliphatic heterocycles. The number of rotatable bonds is 5. The second-order valence-electron chi connectivity index (χ2n) is 6.58. The molecule has 0 N–H and O–H groups in total. The number of hydrogen-bond donors (Lipinski definition) is 0. The molecule has 0 amide bonds. The maximum Gasteiger partial charge on any atom is 0.332 e. The van der Waals surface area contributed by atoms with Crippen molar-refractivity contribution in [3.05, 3.63) is 50.7 Å². The Hall–Kier alpha value is -2.94. The molecule has 0 radical (unpaired) electrons. The summed E-state index contributed by atoms with van der Waals surface area (Å²) in [6.45, 7) is 5.62. The first-order valence-corrected chi connectivity index (χ1v) is 10.0. The SMILES string of the molecule is CCOC(=O)[C@H](C)Sc1nc(-c2ccccc2C)nc2c1c(=O)n(C)c(=O)n2C. The van der Waals surface area contributed by atoms with Crippen molar-refractivity contribution in [3.63, 3.8) is 0 Å². The third-order valence-electron chi connectivity index (χ3n) is 4.56. The number of esters is 1. The van der Waals surface area contributed by atoms with Crippen molar-refractivity contribution >= 4 is 28.8 Å². The average molecular weight is 414 g/mol. The first-order valence-electron chi connectivity index (χ1n) is 9.13. The Morgan fingerprint density at radius 3 is 2.52 bits per heavy atom. The van der Waals surface area contributed by atoms with Crippen LogP contribution in [-0.4, -0.2) is 36.9 Å². The summed E-state index contributed by atoms with van der Waals surface area (Å²) >= 11 is 1.12. The van der Waals surface area contributed by atoms with Gasteiger partial charge in [0.25, 0.3) is 5.56 Å². The van der Waals surface area contributed by atoms with Gasteiger partial charge < -0.3 is 4.74 Å². The van der Waals surface area contributed by atoms with Crippen LogP contribution in [0.2, 0.25) is 0 Å². The van der Waals surface area contributed by atoms with Crippen molar-refractivity contribution in [2.75, 3.05) is 6.61 Å². The van der Waals surface area contributed by atoms with Gasteiger partial charge in [-0.1, -0.05) is 36.0 Å². The number of aromatic nitrogens is 4. The highest BCUT2D eigenvalue weighted by atomic mass is 32.2. The molecule has 1 atom stereocenters. The van der Waals surface area contributed by atoms with Crippen molar-refractivity contribution in [2.45, 2.75) is 31.0 Å². The summed E-state index contributed by atoms with van der Waals surface area (Å²) in [4.78, 5) is 46.6. The number of nitrogens with zero attached hydrogens (tertiary/aromatic N) is 4. The maximum atomic E-state index is 12.9. The largest absolute Gasteiger partial charge is 0.465 e. The van der Waals surface area contributed by atoms with Crippen LogP contribution in [0.5, 0.6) is 0 Å². The molecule has 152 valence electrons. The molecular weight excluding hydrogens is 392 g/mol. The van der Waals surface area contributed by atoms with Crippen molar-refractivity contribution < 1.29 is 9.53 Å². The van der Waals surface area contributed by atoms with Crippen LogP contribution in [0, 0.1) is 6.92 Å². The number of carbonyl (C=O) groups is 1. The van der Waals surface area contributed by atoms with Crippen LogP contribution in [0.25, 0.3) is 22.4 Å². The fraction of sp³-hybridized carbons (Fsp3) is 0.350. The molecule has 0 bridgehead atoms. The van der Waals surface area contributed by atoms with E-state index in [-0.39, 0.29) is 17.6 Å². The number of thioether (sulfide) groups is 1. The van der Waals surface area contributed by atoms with Gasteiger partial charge in [-0.05, 0) is 26.3 Å². The van der Waals surface area contributed by atoms with Crippen LogP contribution >= 0.6 is 11.8 Å². The van der Waals surface area contributed by atoms with Crippen LogP contribution < -0.4 is 11.2 Å². The zero-order valence-electron chi connectivity index (χ0n) is 16.9. The normalized spacial score (nSPS) is 12.2.